The Morgan fingerprint density at radius 3 is 1.08 bits per heavy atom. The van der Waals surface area contributed by atoms with Crippen molar-refractivity contribution >= 4 is 19.8 Å². The van der Waals surface area contributed by atoms with E-state index in [-0.39, 0.29) is 32.6 Å². The fourth-order valence-electron chi connectivity index (χ4n) is 6.59. The van der Waals surface area contributed by atoms with Gasteiger partial charge in [0.2, 0.25) is 0 Å². The number of carbonyl (C=O) groups excluding carboxylic acids is 2. The zero-order valence-electron chi connectivity index (χ0n) is 45.3. The van der Waals surface area contributed by atoms with Gasteiger partial charge < -0.3 is 20.1 Å². The summed E-state index contributed by atoms with van der Waals surface area (Å²) in [6.45, 7) is 3.40. The lowest BCUT2D eigenvalue weighted by Crippen LogP contribution is -2.29. The molecular weight excluding hydrogens is 930 g/mol. The van der Waals surface area contributed by atoms with Crippen molar-refractivity contribution < 1.29 is 37.6 Å². The number of phosphoric acid groups is 1. The minimum atomic E-state index is -4.41. The number of unbranched alkanes of at least 4 members (excludes halogenated alkanes) is 8. The Kier molecular flexibility index (Phi) is 53.1. The highest BCUT2D eigenvalue weighted by atomic mass is 31.2. The smallest absolute Gasteiger partial charge is 0.462 e. The van der Waals surface area contributed by atoms with Gasteiger partial charge in [0.25, 0.3) is 0 Å². The summed E-state index contributed by atoms with van der Waals surface area (Å²) < 4.78 is 32.9. The van der Waals surface area contributed by atoms with Gasteiger partial charge in [-0.25, -0.2) is 4.57 Å². The standard InChI is InChI=1S/C63H98NO8P/c1-3-5-7-9-11-13-15-17-19-20-21-22-23-24-25-26-27-28-29-30-31-32-33-34-35-36-37-38-39-40-42-44-46-48-50-52-54-56-63(66)72-61(60-71-73(67,68)70-58-57-64)59-69-62(65)55-53-51-49-47-45-43-41-18-16-14-12-10-8-6-4-2/h5-8,11-14,17-19,21-22,24-25,27-28,30-31,33-34,36-37,39-41,45,47,61H,3-4,9-10,15-16,20,23,26,29,32,35,38,42-44,46,48-60,64H2,1-2H3,(H,67,68)/b7-5-,8-6-,13-11-,14-12-,19-17-,22-21-,25-24-,28-27-,31-30-,34-33-,37-36-,40-39-,41-18-,47-45-. The van der Waals surface area contributed by atoms with Crippen molar-refractivity contribution in [1.29, 1.82) is 0 Å². The molecule has 2 atom stereocenters. The first-order valence-corrected chi connectivity index (χ1v) is 29.1. The molecule has 0 fully saturated rings. The number of hydrogen-bond donors (Lipinski definition) is 2. The monoisotopic (exact) mass is 1030 g/mol. The third-order valence-electron chi connectivity index (χ3n) is 10.6. The van der Waals surface area contributed by atoms with Gasteiger partial charge >= 0.3 is 19.8 Å². The third kappa shape index (κ3) is 56.5. The molecule has 0 bridgehead atoms. The van der Waals surface area contributed by atoms with Crippen LogP contribution in [-0.4, -0.2) is 49.3 Å². The van der Waals surface area contributed by atoms with Gasteiger partial charge in [-0.2, -0.15) is 0 Å². The number of ether oxygens (including phenoxy) is 2. The number of rotatable bonds is 49. The van der Waals surface area contributed by atoms with E-state index in [1.807, 2.05) is 0 Å². The SMILES string of the molecule is CC/C=C\C/C=C\C/C=C\C/C=C\C/C=C\C/C=C\C/C=C\C/C=C\C/C=C\C/C=C\CCCCCCCCC(=O)OC(COC(=O)CCCC/C=C\C/C=C\C/C=C\C/C=C\CC)COP(=O)(O)OCCN. The molecule has 408 valence electrons. The van der Waals surface area contributed by atoms with Gasteiger partial charge in [0.05, 0.1) is 13.2 Å². The van der Waals surface area contributed by atoms with Gasteiger partial charge in [0.1, 0.15) is 6.61 Å². The van der Waals surface area contributed by atoms with Gasteiger partial charge in [-0.3, -0.25) is 18.6 Å². The largest absolute Gasteiger partial charge is 0.472 e. The molecule has 10 heteroatoms. The van der Waals surface area contributed by atoms with Crippen molar-refractivity contribution in [3.05, 3.63) is 170 Å². The number of esters is 2. The number of phosphoric ester groups is 1. The molecule has 0 aromatic carbocycles. The first-order chi connectivity index (χ1) is 35.8. The summed E-state index contributed by atoms with van der Waals surface area (Å²) in [5, 5.41) is 0. The molecule has 3 N–H and O–H groups in total. The van der Waals surface area contributed by atoms with Crippen LogP contribution in [0.25, 0.3) is 0 Å². The Hall–Kier alpha value is -4.63. The van der Waals surface area contributed by atoms with E-state index >= 15 is 0 Å². The molecule has 0 aromatic heterocycles. The maximum absolute atomic E-state index is 12.7. The molecule has 0 amide bonds. The Balaban J connectivity index is 4.10. The molecule has 0 aromatic rings. The van der Waals surface area contributed by atoms with E-state index in [0.29, 0.717) is 12.8 Å². The van der Waals surface area contributed by atoms with Crippen LogP contribution in [0.2, 0.25) is 0 Å². The van der Waals surface area contributed by atoms with Crippen LogP contribution in [0.5, 0.6) is 0 Å². The predicted octanol–water partition coefficient (Wildman–Crippen LogP) is 17.5. The summed E-state index contributed by atoms with van der Waals surface area (Å²) >= 11 is 0. The molecule has 0 saturated carbocycles. The van der Waals surface area contributed by atoms with Crippen LogP contribution in [0.3, 0.4) is 0 Å². The average molecular weight is 1030 g/mol. The summed E-state index contributed by atoms with van der Waals surface area (Å²) in [4.78, 5) is 35.0. The topological polar surface area (TPSA) is 134 Å². The van der Waals surface area contributed by atoms with Gasteiger partial charge in [-0.15, -0.1) is 0 Å². The maximum atomic E-state index is 12.7. The minimum Gasteiger partial charge on any atom is -0.462 e. The van der Waals surface area contributed by atoms with Crippen molar-refractivity contribution in [2.24, 2.45) is 5.73 Å². The number of carbonyl (C=O) groups is 2. The first-order valence-electron chi connectivity index (χ1n) is 27.6. The molecular formula is C63H98NO8P. The highest BCUT2D eigenvalue weighted by Crippen LogP contribution is 2.43. The zero-order valence-corrected chi connectivity index (χ0v) is 46.2. The van der Waals surface area contributed by atoms with Crippen LogP contribution < -0.4 is 5.73 Å². The summed E-state index contributed by atoms with van der Waals surface area (Å²) in [5.74, 6) is -0.911. The van der Waals surface area contributed by atoms with E-state index in [2.05, 4.69) is 184 Å². The summed E-state index contributed by atoms with van der Waals surface area (Å²) in [7, 11) is -4.41. The lowest BCUT2D eigenvalue weighted by Gasteiger charge is -2.19. The van der Waals surface area contributed by atoms with Crippen LogP contribution in [0.15, 0.2) is 170 Å². The van der Waals surface area contributed by atoms with E-state index in [0.717, 1.165) is 141 Å². The molecule has 0 rings (SSSR count). The van der Waals surface area contributed by atoms with E-state index in [4.69, 9.17) is 24.3 Å². The highest BCUT2D eigenvalue weighted by Gasteiger charge is 2.26. The molecule has 73 heavy (non-hydrogen) atoms. The van der Waals surface area contributed by atoms with Crippen molar-refractivity contribution in [2.45, 2.75) is 187 Å². The van der Waals surface area contributed by atoms with E-state index in [9.17, 15) is 19.0 Å². The summed E-state index contributed by atoms with van der Waals surface area (Å²) in [6, 6.07) is 0. The first kappa shape index (κ1) is 68.4. The fourth-order valence-corrected chi connectivity index (χ4v) is 7.36. The number of nitrogens with two attached hydrogens (primary N) is 1. The van der Waals surface area contributed by atoms with Gasteiger partial charge in [-0.05, 0) is 128 Å². The van der Waals surface area contributed by atoms with Crippen LogP contribution in [0.4, 0.5) is 0 Å². The maximum Gasteiger partial charge on any atom is 0.472 e. The predicted molar refractivity (Wildman–Crippen MR) is 311 cm³/mol. The second-order valence-electron chi connectivity index (χ2n) is 17.3. The molecule has 0 aliphatic rings. The third-order valence-corrected chi connectivity index (χ3v) is 11.6. The molecule has 0 saturated heterocycles. The summed E-state index contributed by atoms with van der Waals surface area (Å²) in [5.41, 5.74) is 5.36. The summed E-state index contributed by atoms with van der Waals surface area (Å²) in [6.07, 6.45) is 84.1. The number of allylic oxidation sites excluding steroid dienone is 28. The van der Waals surface area contributed by atoms with Crippen LogP contribution in [-0.2, 0) is 32.7 Å². The van der Waals surface area contributed by atoms with Crippen molar-refractivity contribution in [3.63, 3.8) is 0 Å². The van der Waals surface area contributed by atoms with Crippen molar-refractivity contribution in [1.82, 2.24) is 0 Å². The molecule has 0 heterocycles. The van der Waals surface area contributed by atoms with Crippen LogP contribution in [0, 0.1) is 0 Å². The number of hydrogen-bond acceptors (Lipinski definition) is 8. The van der Waals surface area contributed by atoms with Crippen LogP contribution in [0.1, 0.15) is 181 Å². The Morgan fingerprint density at radius 2 is 0.712 bits per heavy atom. The van der Waals surface area contributed by atoms with Crippen LogP contribution >= 0.6 is 7.82 Å². The lowest BCUT2D eigenvalue weighted by atomic mass is 10.1. The molecule has 0 radical (unpaired) electrons. The van der Waals surface area contributed by atoms with E-state index in [1.165, 1.54) is 0 Å². The molecule has 0 aliphatic heterocycles. The zero-order chi connectivity index (χ0) is 53.1. The van der Waals surface area contributed by atoms with Gasteiger partial charge in [-0.1, -0.05) is 210 Å². The van der Waals surface area contributed by atoms with E-state index < -0.39 is 32.5 Å². The van der Waals surface area contributed by atoms with E-state index in [1.54, 1.807) is 0 Å². The molecule has 0 aliphatic carbocycles. The van der Waals surface area contributed by atoms with Gasteiger partial charge in [0.15, 0.2) is 6.10 Å². The Labute approximate surface area is 444 Å². The quantitative estimate of drug-likeness (QED) is 0.0264. The molecule has 9 nitrogen and oxygen atoms in total. The fraction of sp³-hybridized carbons (Fsp3) is 0.524. The Morgan fingerprint density at radius 1 is 0.411 bits per heavy atom. The second-order valence-corrected chi connectivity index (χ2v) is 18.8. The van der Waals surface area contributed by atoms with Crippen molar-refractivity contribution in [2.75, 3.05) is 26.4 Å². The second kappa shape index (κ2) is 56.7. The Bertz CT molecular complexity index is 1790. The van der Waals surface area contributed by atoms with Gasteiger partial charge in [0, 0.05) is 19.4 Å². The molecule has 0 spiro atoms. The average Bonchev–Trinajstić information content (AvgIpc) is 3.38. The van der Waals surface area contributed by atoms with Crippen molar-refractivity contribution in [3.8, 4) is 0 Å². The molecule has 2 unspecified atom stereocenters. The highest BCUT2D eigenvalue weighted by molar-refractivity contribution is 7.47. The lowest BCUT2D eigenvalue weighted by molar-refractivity contribution is -0.161. The normalized spacial score (nSPS) is 14.4. The minimum absolute atomic E-state index is 0.0351.